The second-order valence-corrected chi connectivity index (χ2v) is 5.21. The SMILES string of the molecule is Cn1cccc1CNC(=O)c1cc(Cl)ccc1Br. The van der Waals surface area contributed by atoms with Gasteiger partial charge in [-0.15, -0.1) is 0 Å². The number of halogens is 2. The predicted molar refractivity (Wildman–Crippen MR) is 75.7 cm³/mol. The molecule has 0 unspecified atom stereocenters. The number of aromatic nitrogens is 1. The van der Waals surface area contributed by atoms with Gasteiger partial charge in [-0.1, -0.05) is 11.6 Å². The monoisotopic (exact) mass is 326 g/mol. The fourth-order valence-corrected chi connectivity index (χ4v) is 2.22. The maximum absolute atomic E-state index is 12.0. The van der Waals surface area contributed by atoms with Crippen molar-refractivity contribution >= 4 is 33.4 Å². The molecule has 0 aliphatic carbocycles. The van der Waals surface area contributed by atoms with Crippen molar-refractivity contribution < 1.29 is 4.79 Å². The molecule has 0 aliphatic heterocycles. The number of nitrogens with one attached hydrogen (secondary N) is 1. The Morgan fingerprint density at radius 2 is 2.22 bits per heavy atom. The van der Waals surface area contributed by atoms with Gasteiger partial charge in [0, 0.05) is 28.4 Å². The summed E-state index contributed by atoms with van der Waals surface area (Å²) in [5.74, 6) is -0.148. The van der Waals surface area contributed by atoms with Crippen molar-refractivity contribution in [2.75, 3.05) is 0 Å². The molecule has 1 amide bonds. The molecule has 1 aromatic carbocycles. The van der Waals surface area contributed by atoms with E-state index in [1.54, 1.807) is 18.2 Å². The van der Waals surface area contributed by atoms with Gasteiger partial charge in [0.25, 0.3) is 5.91 Å². The fraction of sp³-hybridized carbons (Fsp3) is 0.154. The minimum absolute atomic E-state index is 0.148. The van der Waals surface area contributed by atoms with Gasteiger partial charge in [0.1, 0.15) is 0 Å². The Hall–Kier alpha value is -1.26. The van der Waals surface area contributed by atoms with E-state index in [0.717, 1.165) is 10.2 Å². The van der Waals surface area contributed by atoms with Gasteiger partial charge >= 0.3 is 0 Å². The average molecular weight is 328 g/mol. The van der Waals surface area contributed by atoms with Crippen LogP contribution in [-0.4, -0.2) is 10.5 Å². The highest BCUT2D eigenvalue weighted by Gasteiger charge is 2.10. The minimum Gasteiger partial charge on any atom is -0.353 e. The number of benzene rings is 1. The summed E-state index contributed by atoms with van der Waals surface area (Å²) >= 11 is 9.22. The highest BCUT2D eigenvalue weighted by Crippen LogP contribution is 2.21. The Morgan fingerprint density at radius 1 is 1.44 bits per heavy atom. The van der Waals surface area contributed by atoms with Crippen LogP contribution in [0.4, 0.5) is 0 Å². The van der Waals surface area contributed by atoms with Crippen LogP contribution in [0.5, 0.6) is 0 Å². The topological polar surface area (TPSA) is 34.0 Å². The molecule has 0 fully saturated rings. The van der Waals surface area contributed by atoms with Crippen LogP contribution < -0.4 is 5.32 Å². The zero-order valence-corrected chi connectivity index (χ0v) is 12.1. The molecule has 0 bridgehead atoms. The van der Waals surface area contributed by atoms with Crippen LogP contribution in [0.25, 0.3) is 0 Å². The van der Waals surface area contributed by atoms with Gasteiger partial charge in [-0.05, 0) is 46.3 Å². The van der Waals surface area contributed by atoms with Crippen molar-refractivity contribution in [3.63, 3.8) is 0 Å². The smallest absolute Gasteiger partial charge is 0.252 e. The zero-order chi connectivity index (χ0) is 13.1. The van der Waals surface area contributed by atoms with Crippen LogP contribution in [0.2, 0.25) is 5.02 Å². The van der Waals surface area contributed by atoms with Crippen LogP contribution in [0.1, 0.15) is 16.1 Å². The molecule has 94 valence electrons. The van der Waals surface area contributed by atoms with E-state index in [1.807, 2.05) is 29.9 Å². The van der Waals surface area contributed by atoms with E-state index in [4.69, 9.17) is 11.6 Å². The number of nitrogens with zero attached hydrogens (tertiary/aromatic N) is 1. The Bertz CT molecular complexity index is 580. The van der Waals surface area contributed by atoms with Gasteiger partial charge in [-0.25, -0.2) is 0 Å². The first-order valence-electron chi connectivity index (χ1n) is 5.41. The van der Waals surface area contributed by atoms with Gasteiger partial charge in [0.15, 0.2) is 0 Å². The molecule has 1 heterocycles. The summed E-state index contributed by atoms with van der Waals surface area (Å²) in [6.07, 6.45) is 1.94. The van der Waals surface area contributed by atoms with Crippen molar-refractivity contribution in [1.82, 2.24) is 9.88 Å². The van der Waals surface area contributed by atoms with Crippen LogP contribution in [0, 0.1) is 0 Å². The van der Waals surface area contributed by atoms with Crippen LogP contribution in [0.15, 0.2) is 41.0 Å². The first-order valence-corrected chi connectivity index (χ1v) is 6.58. The second-order valence-electron chi connectivity index (χ2n) is 3.92. The lowest BCUT2D eigenvalue weighted by molar-refractivity contribution is 0.0949. The van der Waals surface area contributed by atoms with Gasteiger partial charge in [0.2, 0.25) is 0 Å². The molecule has 0 saturated heterocycles. The zero-order valence-electron chi connectivity index (χ0n) is 9.78. The summed E-state index contributed by atoms with van der Waals surface area (Å²) < 4.78 is 2.70. The Labute approximate surface area is 119 Å². The largest absolute Gasteiger partial charge is 0.353 e. The molecule has 1 aromatic heterocycles. The van der Waals surface area contributed by atoms with E-state index in [-0.39, 0.29) is 5.91 Å². The van der Waals surface area contributed by atoms with E-state index < -0.39 is 0 Å². The van der Waals surface area contributed by atoms with E-state index in [1.165, 1.54) is 0 Å². The predicted octanol–water partition coefficient (Wildman–Crippen LogP) is 3.37. The maximum atomic E-state index is 12.0. The van der Waals surface area contributed by atoms with Gasteiger partial charge < -0.3 is 9.88 Å². The summed E-state index contributed by atoms with van der Waals surface area (Å²) in [6.45, 7) is 0.487. The van der Waals surface area contributed by atoms with Crippen molar-refractivity contribution in [2.45, 2.75) is 6.54 Å². The van der Waals surface area contributed by atoms with Crippen LogP contribution in [0.3, 0.4) is 0 Å². The number of rotatable bonds is 3. The minimum atomic E-state index is -0.148. The summed E-state index contributed by atoms with van der Waals surface area (Å²) in [6, 6.07) is 9.05. The molecule has 0 radical (unpaired) electrons. The van der Waals surface area contributed by atoms with Crippen LogP contribution >= 0.6 is 27.5 Å². The molecule has 1 N–H and O–H groups in total. The fourth-order valence-electron chi connectivity index (χ4n) is 1.62. The molecule has 0 spiro atoms. The molecule has 0 saturated carbocycles. The summed E-state index contributed by atoms with van der Waals surface area (Å²) in [7, 11) is 1.94. The highest BCUT2D eigenvalue weighted by atomic mass is 79.9. The highest BCUT2D eigenvalue weighted by molar-refractivity contribution is 9.10. The molecule has 0 aliphatic rings. The number of aryl methyl sites for hydroxylation is 1. The lowest BCUT2D eigenvalue weighted by atomic mass is 10.2. The first-order chi connectivity index (χ1) is 8.58. The van der Waals surface area contributed by atoms with E-state index in [0.29, 0.717) is 17.1 Å². The third-order valence-corrected chi connectivity index (χ3v) is 3.58. The molecule has 18 heavy (non-hydrogen) atoms. The number of hydrogen-bond donors (Lipinski definition) is 1. The van der Waals surface area contributed by atoms with Crippen molar-refractivity contribution in [3.8, 4) is 0 Å². The third kappa shape index (κ3) is 2.94. The molecule has 3 nitrogen and oxygen atoms in total. The van der Waals surface area contributed by atoms with Gasteiger partial charge in [-0.2, -0.15) is 0 Å². The lowest BCUT2D eigenvalue weighted by Gasteiger charge is -2.08. The molecular formula is C13H12BrClN2O. The summed E-state index contributed by atoms with van der Waals surface area (Å²) in [5, 5.41) is 3.41. The van der Waals surface area contributed by atoms with E-state index >= 15 is 0 Å². The molecule has 0 atom stereocenters. The van der Waals surface area contributed by atoms with Gasteiger partial charge in [0.05, 0.1) is 12.1 Å². The van der Waals surface area contributed by atoms with Crippen molar-refractivity contribution in [2.24, 2.45) is 7.05 Å². The number of carbonyl (C=O) groups excluding carboxylic acids is 1. The second kappa shape index (κ2) is 5.59. The average Bonchev–Trinajstić information content (AvgIpc) is 2.75. The first kappa shape index (κ1) is 13.2. The lowest BCUT2D eigenvalue weighted by Crippen LogP contribution is -2.24. The quantitative estimate of drug-likeness (QED) is 0.921. The number of carbonyl (C=O) groups is 1. The van der Waals surface area contributed by atoms with Crippen LogP contribution in [-0.2, 0) is 13.6 Å². The molecular weight excluding hydrogens is 316 g/mol. The van der Waals surface area contributed by atoms with Gasteiger partial charge in [-0.3, -0.25) is 4.79 Å². The Balaban J connectivity index is 2.08. The van der Waals surface area contributed by atoms with Crippen molar-refractivity contribution in [1.29, 1.82) is 0 Å². The Morgan fingerprint density at radius 3 is 2.89 bits per heavy atom. The number of hydrogen-bond acceptors (Lipinski definition) is 1. The maximum Gasteiger partial charge on any atom is 0.252 e. The molecule has 5 heteroatoms. The standard InChI is InChI=1S/C13H12BrClN2O/c1-17-6-2-3-10(17)8-16-13(18)11-7-9(15)4-5-12(11)14/h2-7H,8H2,1H3,(H,16,18). The summed E-state index contributed by atoms with van der Waals surface area (Å²) in [5.41, 5.74) is 1.58. The molecule has 2 aromatic rings. The Kier molecular flexibility index (Phi) is 4.09. The van der Waals surface area contributed by atoms with E-state index in [9.17, 15) is 4.79 Å². The molecule has 2 rings (SSSR count). The normalized spacial score (nSPS) is 10.4. The number of amides is 1. The third-order valence-electron chi connectivity index (χ3n) is 2.65. The van der Waals surface area contributed by atoms with Crippen molar-refractivity contribution in [3.05, 3.63) is 57.3 Å². The van der Waals surface area contributed by atoms with E-state index in [2.05, 4.69) is 21.2 Å². The summed E-state index contributed by atoms with van der Waals surface area (Å²) in [4.78, 5) is 12.0.